The van der Waals surface area contributed by atoms with Crippen LogP contribution in [0.5, 0.6) is 0 Å². The zero-order valence-electron chi connectivity index (χ0n) is 10.6. The normalized spacial score (nSPS) is 12.3. The van der Waals surface area contributed by atoms with Crippen LogP contribution in [0.15, 0.2) is 29.2 Å². The van der Waals surface area contributed by atoms with Crippen molar-refractivity contribution < 1.29 is 0 Å². The van der Waals surface area contributed by atoms with E-state index < -0.39 is 0 Å². The van der Waals surface area contributed by atoms with Crippen molar-refractivity contribution >= 4 is 24.2 Å². The van der Waals surface area contributed by atoms with Crippen LogP contribution in [-0.4, -0.2) is 31.3 Å². The summed E-state index contributed by atoms with van der Waals surface area (Å²) in [6.45, 7) is 2.25. The zero-order valence-corrected chi connectivity index (χ0v) is 12.2. The third kappa shape index (κ3) is 4.77. The minimum absolute atomic E-state index is 0. The lowest BCUT2D eigenvalue weighted by Crippen LogP contribution is -2.29. The summed E-state index contributed by atoms with van der Waals surface area (Å²) in [5, 5.41) is 0. The molecule has 0 aromatic heterocycles. The molecule has 1 nitrogen and oxygen atoms in total. The first-order chi connectivity index (χ1) is 7.17. The average molecular weight is 260 g/mol. The van der Waals surface area contributed by atoms with Gasteiger partial charge in [-0.05, 0) is 50.9 Å². The number of rotatable bonds is 5. The molecule has 0 aliphatic heterocycles. The van der Waals surface area contributed by atoms with Gasteiger partial charge in [-0.25, -0.2) is 0 Å². The van der Waals surface area contributed by atoms with E-state index in [9.17, 15) is 0 Å². The van der Waals surface area contributed by atoms with Gasteiger partial charge in [0.05, 0.1) is 0 Å². The van der Waals surface area contributed by atoms with Crippen molar-refractivity contribution in [1.29, 1.82) is 0 Å². The molecular weight excluding hydrogens is 238 g/mol. The van der Waals surface area contributed by atoms with Crippen molar-refractivity contribution in [2.24, 2.45) is 0 Å². The fraction of sp³-hybridized carbons (Fsp3) is 0.538. The Bertz CT molecular complexity index is 284. The third-order valence-corrected chi connectivity index (χ3v) is 3.58. The van der Waals surface area contributed by atoms with Gasteiger partial charge in [0.1, 0.15) is 0 Å². The number of thioether (sulfide) groups is 1. The van der Waals surface area contributed by atoms with Crippen LogP contribution in [0.4, 0.5) is 0 Å². The maximum atomic E-state index is 2.31. The topological polar surface area (TPSA) is 3.24 Å². The molecule has 92 valence electrons. The van der Waals surface area contributed by atoms with Gasteiger partial charge in [-0.3, -0.25) is 0 Å². The Labute approximate surface area is 110 Å². The highest BCUT2D eigenvalue weighted by Crippen LogP contribution is 2.16. The highest BCUT2D eigenvalue weighted by molar-refractivity contribution is 7.98. The van der Waals surface area contributed by atoms with Gasteiger partial charge in [-0.1, -0.05) is 19.1 Å². The van der Waals surface area contributed by atoms with E-state index in [0.29, 0.717) is 6.04 Å². The summed E-state index contributed by atoms with van der Waals surface area (Å²) < 4.78 is 0. The molecule has 0 fully saturated rings. The van der Waals surface area contributed by atoms with E-state index in [1.807, 2.05) is 0 Å². The van der Waals surface area contributed by atoms with Crippen LogP contribution in [0.3, 0.4) is 0 Å². The Hall–Kier alpha value is -0.180. The Kier molecular flexibility index (Phi) is 7.90. The van der Waals surface area contributed by atoms with Gasteiger partial charge in [0.25, 0.3) is 0 Å². The van der Waals surface area contributed by atoms with E-state index in [2.05, 4.69) is 56.4 Å². The minimum Gasteiger partial charge on any atom is -0.306 e. The summed E-state index contributed by atoms with van der Waals surface area (Å²) in [5.74, 6) is 0. The number of hydrogen-bond acceptors (Lipinski definition) is 2. The van der Waals surface area contributed by atoms with Crippen molar-refractivity contribution in [3.63, 3.8) is 0 Å². The molecule has 0 radical (unpaired) electrons. The number of hydrogen-bond donors (Lipinski definition) is 0. The summed E-state index contributed by atoms with van der Waals surface area (Å²) in [4.78, 5) is 3.65. The molecule has 0 aliphatic carbocycles. The van der Waals surface area contributed by atoms with E-state index in [-0.39, 0.29) is 12.4 Å². The Balaban J connectivity index is 0.00000225. The Morgan fingerprint density at radius 2 is 1.75 bits per heavy atom. The maximum absolute atomic E-state index is 2.31. The molecular formula is C13H22ClNS. The largest absolute Gasteiger partial charge is 0.306 e. The fourth-order valence-electron chi connectivity index (χ4n) is 1.73. The van der Waals surface area contributed by atoms with Crippen LogP contribution in [0.25, 0.3) is 0 Å². The second-order valence-electron chi connectivity index (χ2n) is 4.08. The third-order valence-electron chi connectivity index (χ3n) is 2.83. The second-order valence-corrected chi connectivity index (χ2v) is 4.96. The monoisotopic (exact) mass is 259 g/mol. The van der Waals surface area contributed by atoms with Gasteiger partial charge in [0, 0.05) is 10.9 Å². The standard InChI is InChI=1S/C13H21NS.ClH/c1-5-12(14(2)3)10-11-6-8-13(15-4)9-7-11;/h6-9,12H,5,10H2,1-4H3;1H. The quantitative estimate of drug-likeness (QED) is 0.742. The van der Waals surface area contributed by atoms with E-state index in [0.717, 1.165) is 6.42 Å². The molecule has 3 heteroatoms. The van der Waals surface area contributed by atoms with Crippen LogP contribution in [0.2, 0.25) is 0 Å². The molecule has 0 aliphatic rings. The Morgan fingerprint density at radius 3 is 2.12 bits per heavy atom. The number of nitrogens with zero attached hydrogens (tertiary/aromatic N) is 1. The van der Waals surface area contributed by atoms with Crippen LogP contribution < -0.4 is 0 Å². The van der Waals surface area contributed by atoms with Gasteiger partial charge in [-0.2, -0.15) is 0 Å². The van der Waals surface area contributed by atoms with Crippen molar-refractivity contribution in [3.8, 4) is 0 Å². The minimum atomic E-state index is 0. The molecule has 0 N–H and O–H groups in total. The SMILES string of the molecule is CCC(Cc1ccc(SC)cc1)N(C)C.Cl. The lowest BCUT2D eigenvalue weighted by molar-refractivity contribution is 0.284. The smallest absolute Gasteiger partial charge is 0.0127 e. The van der Waals surface area contributed by atoms with Crippen molar-refractivity contribution in [3.05, 3.63) is 29.8 Å². The van der Waals surface area contributed by atoms with Gasteiger partial charge < -0.3 is 4.90 Å². The highest BCUT2D eigenvalue weighted by atomic mass is 35.5. The lowest BCUT2D eigenvalue weighted by Gasteiger charge is -2.22. The summed E-state index contributed by atoms with van der Waals surface area (Å²) >= 11 is 1.80. The maximum Gasteiger partial charge on any atom is 0.0127 e. The summed E-state index contributed by atoms with van der Waals surface area (Å²) in [7, 11) is 4.31. The first-order valence-corrected chi connectivity index (χ1v) is 6.69. The molecule has 0 saturated carbocycles. The molecule has 1 aromatic carbocycles. The van der Waals surface area contributed by atoms with E-state index >= 15 is 0 Å². The van der Waals surface area contributed by atoms with Crippen LogP contribution in [0, 0.1) is 0 Å². The van der Waals surface area contributed by atoms with Gasteiger partial charge in [0.15, 0.2) is 0 Å². The fourth-order valence-corrected chi connectivity index (χ4v) is 2.13. The average Bonchev–Trinajstić information content (AvgIpc) is 2.26. The second kappa shape index (κ2) is 7.99. The molecule has 1 unspecified atom stereocenters. The lowest BCUT2D eigenvalue weighted by atomic mass is 10.0. The van der Waals surface area contributed by atoms with Crippen LogP contribution in [0.1, 0.15) is 18.9 Å². The summed E-state index contributed by atoms with van der Waals surface area (Å²) in [6, 6.07) is 9.57. The molecule has 1 aromatic rings. The molecule has 0 spiro atoms. The summed E-state index contributed by atoms with van der Waals surface area (Å²) in [6.07, 6.45) is 4.47. The van der Waals surface area contributed by atoms with Crippen LogP contribution in [-0.2, 0) is 6.42 Å². The molecule has 1 rings (SSSR count). The van der Waals surface area contributed by atoms with E-state index in [4.69, 9.17) is 0 Å². The number of benzene rings is 1. The number of halogens is 1. The van der Waals surface area contributed by atoms with Crippen molar-refractivity contribution in [1.82, 2.24) is 4.90 Å². The van der Waals surface area contributed by atoms with Crippen molar-refractivity contribution in [2.45, 2.75) is 30.7 Å². The van der Waals surface area contributed by atoms with E-state index in [1.54, 1.807) is 11.8 Å². The predicted molar refractivity (Wildman–Crippen MR) is 76.9 cm³/mol. The van der Waals surface area contributed by atoms with E-state index in [1.165, 1.54) is 16.9 Å². The van der Waals surface area contributed by atoms with Crippen molar-refractivity contribution in [2.75, 3.05) is 20.4 Å². The Morgan fingerprint density at radius 1 is 1.19 bits per heavy atom. The molecule has 0 amide bonds. The zero-order chi connectivity index (χ0) is 11.3. The molecule has 0 heterocycles. The molecule has 1 atom stereocenters. The highest BCUT2D eigenvalue weighted by Gasteiger charge is 2.09. The molecule has 0 bridgehead atoms. The molecule has 16 heavy (non-hydrogen) atoms. The first kappa shape index (κ1) is 15.8. The predicted octanol–water partition coefficient (Wildman–Crippen LogP) is 3.71. The first-order valence-electron chi connectivity index (χ1n) is 5.46. The van der Waals surface area contributed by atoms with Gasteiger partial charge in [0.2, 0.25) is 0 Å². The van der Waals surface area contributed by atoms with Gasteiger partial charge >= 0.3 is 0 Å². The summed E-state index contributed by atoms with van der Waals surface area (Å²) in [5.41, 5.74) is 1.44. The van der Waals surface area contributed by atoms with Gasteiger partial charge in [-0.15, -0.1) is 24.2 Å². The number of likely N-dealkylation sites (N-methyl/N-ethyl adjacent to an activating group) is 1. The van der Waals surface area contributed by atoms with Crippen LogP contribution >= 0.6 is 24.2 Å². The molecule has 0 saturated heterocycles.